The predicted octanol–water partition coefficient (Wildman–Crippen LogP) is 6.30. The monoisotopic (exact) mass is 412 g/mol. The maximum absolute atomic E-state index is 10.1. The number of imidazole rings is 1. The van der Waals surface area contributed by atoms with Gasteiger partial charge in [-0.2, -0.15) is 9.66 Å². The number of hydrogen-bond acceptors (Lipinski definition) is 2. The summed E-state index contributed by atoms with van der Waals surface area (Å²) in [7, 11) is 2.06. The van der Waals surface area contributed by atoms with Crippen molar-refractivity contribution in [2.24, 2.45) is 7.05 Å². The van der Waals surface area contributed by atoms with Crippen LogP contribution in [0.2, 0.25) is 0 Å². The standard InChI is InChI=1S/C28H18N3O/c1-16-8-7-11-19-18-9-3-5-12-21(18)31-27-25-20-10-4-6-13-22(20)32-23(25)14-17(15-29)26(27)30(2)28(31)24(16)19/h3-14H,1-2H3/q+1. The quantitative estimate of drug-likeness (QED) is 0.217. The van der Waals surface area contributed by atoms with Crippen LogP contribution in [0, 0.1) is 18.3 Å². The Bertz CT molecular complexity index is 1960. The summed E-state index contributed by atoms with van der Waals surface area (Å²) < 4.78 is 10.7. The Morgan fingerprint density at radius 3 is 2.44 bits per heavy atom. The highest BCUT2D eigenvalue weighted by Crippen LogP contribution is 2.39. The molecule has 0 amide bonds. The Hall–Kier alpha value is -4.36. The second-order valence-corrected chi connectivity index (χ2v) is 8.44. The lowest BCUT2D eigenvalue weighted by atomic mass is 10.0. The summed E-state index contributed by atoms with van der Waals surface area (Å²) >= 11 is 0. The van der Waals surface area contributed by atoms with E-state index in [4.69, 9.17) is 4.42 Å². The van der Waals surface area contributed by atoms with Crippen LogP contribution in [0.4, 0.5) is 0 Å². The largest absolute Gasteiger partial charge is 0.456 e. The molecule has 0 saturated heterocycles. The van der Waals surface area contributed by atoms with Gasteiger partial charge in [0, 0.05) is 22.2 Å². The van der Waals surface area contributed by atoms with Gasteiger partial charge in [-0.1, -0.05) is 54.6 Å². The molecule has 0 aliphatic heterocycles. The minimum absolute atomic E-state index is 0.614. The topological polar surface area (TPSA) is 45.2 Å². The number of furan rings is 1. The molecule has 7 rings (SSSR count). The van der Waals surface area contributed by atoms with Gasteiger partial charge in [-0.3, -0.25) is 0 Å². The molecule has 0 saturated carbocycles. The first kappa shape index (κ1) is 17.3. The lowest BCUT2D eigenvalue weighted by molar-refractivity contribution is -0.617. The van der Waals surface area contributed by atoms with Crippen molar-refractivity contribution in [2.75, 3.05) is 0 Å². The molecule has 0 N–H and O–H groups in total. The first-order valence-electron chi connectivity index (χ1n) is 10.7. The van der Waals surface area contributed by atoms with Crippen molar-refractivity contribution in [1.82, 2.24) is 4.40 Å². The van der Waals surface area contributed by atoms with Crippen LogP contribution in [0.15, 0.2) is 77.2 Å². The van der Waals surface area contributed by atoms with Crippen LogP contribution >= 0.6 is 0 Å². The fraction of sp³-hybridized carbons (Fsp3) is 0.0714. The first-order chi connectivity index (χ1) is 15.7. The van der Waals surface area contributed by atoms with Crippen LogP contribution in [-0.2, 0) is 7.05 Å². The number of aryl methyl sites for hydroxylation is 2. The minimum Gasteiger partial charge on any atom is -0.456 e. The van der Waals surface area contributed by atoms with Crippen LogP contribution in [0.5, 0.6) is 0 Å². The van der Waals surface area contributed by atoms with E-state index in [2.05, 4.69) is 77.5 Å². The molecule has 0 aliphatic carbocycles. The zero-order chi connectivity index (χ0) is 21.6. The third-order valence-corrected chi connectivity index (χ3v) is 6.75. The number of para-hydroxylation sites is 2. The van der Waals surface area contributed by atoms with Gasteiger partial charge in [-0.15, -0.1) is 0 Å². The van der Waals surface area contributed by atoms with Gasteiger partial charge in [0.15, 0.2) is 11.0 Å². The average molecular weight is 412 g/mol. The highest BCUT2D eigenvalue weighted by atomic mass is 16.3. The summed E-state index contributed by atoms with van der Waals surface area (Å²) in [5, 5.41) is 15.8. The average Bonchev–Trinajstić information content (AvgIpc) is 3.34. The van der Waals surface area contributed by atoms with E-state index in [1.807, 2.05) is 24.3 Å². The smallest absolute Gasteiger partial charge is 0.295 e. The molecule has 3 aromatic heterocycles. The molecule has 0 atom stereocenters. The lowest BCUT2D eigenvalue weighted by Crippen LogP contribution is -2.28. The van der Waals surface area contributed by atoms with Crippen molar-refractivity contribution in [3.05, 3.63) is 83.9 Å². The van der Waals surface area contributed by atoms with Gasteiger partial charge in [-0.05, 0) is 24.6 Å². The van der Waals surface area contributed by atoms with Gasteiger partial charge in [0.2, 0.25) is 0 Å². The third kappa shape index (κ3) is 1.94. The van der Waals surface area contributed by atoms with E-state index in [0.29, 0.717) is 5.56 Å². The van der Waals surface area contributed by atoms with Crippen LogP contribution < -0.4 is 4.57 Å². The number of pyridine rings is 1. The van der Waals surface area contributed by atoms with Crippen LogP contribution in [-0.4, -0.2) is 4.40 Å². The van der Waals surface area contributed by atoms with E-state index in [9.17, 15) is 5.26 Å². The molecule has 4 aromatic carbocycles. The number of rotatable bonds is 0. The van der Waals surface area contributed by atoms with E-state index in [0.717, 1.165) is 44.1 Å². The molecule has 150 valence electrons. The Kier molecular flexibility index (Phi) is 3.18. The zero-order valence-electron chi connectivity index (χ0n) is 17.7. The third-order valence-electron chi connectivity index (χ3n) is 6.75. The summed E-state index contributed by atoms with van der Waals surface area (Å²) in [6.07, 6.45) is 0. The highest BCUT2D eigenvalue weighted by molar-refractivity contribution is 6.21. The van der Waals surface area contributed by atoms with E-state index in [1.54, 1.807) is 0 Å². The molecular formula is C28H18N3O+. The number of nitriles is 1. The van der Waals surface area contributed by atoms with Crippen molar-refractivity contribution >= 4 is 60.3 Å². The fourth-order valence-electron chi connectivity index (χ4n) is 5.46. The van der Waals surface area contributed by atoms with Gasteiger partial charge in [0.1, 0.15) is 28.3 Å². The number of hydrogen-bond donors (Lipinski definition) is 0. The van der Waals surface area contributed by atoms with E-state index in [-0.39, 0.29) is 0 Å². The molecule has 0 radical (unpaired) electrons. The molecule has 4 nitrogen and oxygen atoms in total. The SMILES string of the molecule is Cc1cccc2c3ccccc3n3c4c5c(cc(C#N)c4[n+](C)c3c12)oc1ccccc15. The molecule has 7 aromatic rings. The summed E-state index contributed by atoms with van der Waals surface area (Å²) in [5.74, 6) is 0. The number of benzene rings is 4. The lowest BCUT2D eigenvalue weighted by Gasteiger charge is -2.06. The summed E-state index contributed by atoms with van der Waals surface area (Å²) in [6, 6.07) is 27.4. The Morgan fingerprint density at radius 1 is 0.844 bits per heavy atom. The molecular weight excluding hydrogens is 394 g/mol. The Labute approximate surface area is 183 Å². The Balaban J connectivity index is 1.97. The zero-order valence-corrected chi connectivity index (χ0v) is 17.7. The molecule has 0 spiro atoms. The molecule has 3 heterocycles. The molecule has 0 bridgehead atoms. The molecule has 0 unspecified atom stereocenters. The molecule has 0 aliphatic rings. The van der Waals surface area contributed by atoms with Crippen LogP contribution in [0.1, 0.15) is 11.1 Å². The van der Waals surface area contributed by atoms with E-state index < -0.39 is 0 Å². The van der Waals surface area contributed by atoms with Gasteiger partial charge < -0.3 is 4.42 Å². The van der Waals surface area contributed by atoms with E-state index >= 15 is 0 Å². The number of fused-ring (bicyclic) bond motifs is 12. The van der Waals surface area contributed by atoms with Gasteiger partial charge >= 0.3 is 0 Å². The van der Waals surface area contributed by atoms with Crippen molar-refractivity contribution in [1.29, 1.82) is 5.26 Å². The maximum Gasteiger partial charge on any atom is 0.295 e. The highest BCUT2D eigenvalue weighted by Gasteiger charge is 2.29. The fourth-order valence-corrected chi connectivity index (χ4v) is 5.46. The second kappa shape index (κ2) is 5.87. The number of nitrogens with zero attached hydrogens (tertiary/aromatic N) is 3. The summed E-state index contributed by atoms with van der Waals surface area (Å²) in [4.78, 5) is 0. The molecule has 32 heavy (non-hydrogen) atoms. The normalized spacial score (nSPS) is 12.0. The van der Waals surface area contributed by atoms with Crippen LogP contribution in [0.25, 0.3) is 60.3 Å². The van der Waals surface area contributed by atoms with Crippen molar-refractivity contribution in [2.45, 2.75) is 6.92 Å². The van der Waals surface area contributed by atoms with Crippen molar-refractivity contribution < 1.29 is 8.98 Å². The van der Waals surface area contributed by atoms with Crippen molar-refractivity contribution in [3.8, 4) is 6.07 Å². The number of aromatic nitrogens is 2. The van der Waals surface area contributed by atoms with Crippen LogP contribution in [0.3, 0.4) is 0 Å². The summed E-state index contributed by atoms with van der Waals surface area (Å²) in [6.45, 7) is 2.16. The van der Waals surface area contributed by atoms with Gasteiger partial charge in [0.25, 0.3) is 5.65 Å². The minimum atomic E-state index is 0.614. The summed E-state index contributed by atoms with van der Waals surface area (Å²) in [5.41, 5.74) is 7.54. The first-order valence-corrected chi connectivity index (χ1v) is 10.7. The van der Waals surface area contributed by atoms with Crippen molar-refractivity contribution in [3.63, 3.8) is 0 Å². The van der Waals surface area contributed by atoms with Gasteiger partial charge in [-0.25, -0.2) is 4.57 Å². The maximum atomic E-state index is 10.1. The Morgan fingerprint density at radius 2 is 1.59 bits per heavy atom. The van der Waals surface area contributed by atoms with Gasteiger partial charge in [0.05, 0.1) is 17.8 Å². The predicted molar refractivity (Wildman–Crippen MR) is 128 cm³/mol. The van der Waals surface area contributed by atoms with E-state index in [1.165, 1.54) is 21.7 Å². The second-order valence-electron chi connectivity index (χ2n) is 8.44. The molecule has 4 heteroatoms. The molecule has 0 fully saturated rings.